The van der Waals surface area contributed by atoms with Crippen LogP contribution in [0.2, 0.25) is 0 Å². The highest BCUT2D eigenvalue weighted by atomic mass is 32.1. The van der Waals surface area contributed by atoms with E-state index in [-0.39, 0.29) is 0 Å². The first-order valence-electron chi connectivity index (χ1n) is 7.37. The van der Waals surface area contributed by atoms with Crippen molar-refractivity contribution in [2.45, 2.75) is 19.6 Å². The Morgan fingerprint density at radius 3 is 2.52 bits per heavy atom. The molecule has 1 atom stereocenters. The van der Waals surface area contributed by atoms with Gasteiger partial charge in [-0.05, 0) is 12.5 Å². The van der Waals surface area contributed by atoms with E-state index in [1.54, 1.807) is 24.5 Å². The van der Waals surface area contributed by atoms with Gasteiger partial charge in [0.25, 0.3) is 0 Å². The van der Waals surface area contributed by atoms with Crippen LogP contribution < -0.4 is 4.90 Å². The summed E-state index contributed by atoms with van der Waals surface area (Å²) >= 11 is 1.60. The minimum atomic E-state index is -0.421. The van der Waals surface area contributed by atoms with Crippen molar-refractivity contribution in [3.05, 3.63) is 47.0 Å². The first-order valence-corrected chi connectivity index (χ1v) is 8.19. The van der Waals surface area contributed by atoms with Gasteiger partial charge in [-0.1, -0.05) is 41.7 Å². The summed E-state index contributed by atoms with van der Waals surface area (Å²) in [5.41, 5.74) is 1.37. The molecule has 2 heterocycles. The van der Waals surface area contributed by atoms with Crippen LogP contribution in [0.25, 0.3) is 0 Å². The fraction of sp³-hybridized carbons (Fsp3) is 0.438. The van der Waals surface area contributed by atoms with Crippen LogP contribution >= 0.6 is 11.3 Å². The molecule has 0 spiro atoms. The first-order chi connectivity index (χ1) is 10.2. The summed E-state index contributed by atoms with van der Waals surface area (Å²) in [5.74, 6) is 0. The molecule has 112 valence electrons. The molecule has 2 aromatic rings. The zero-order valence-electron chi connectivity index (χ0n) is 12.3. The molecule has 5 heteroatoms. The number of anilines is 1. The van der Waals surface area contributed by atoms with E-state index in [0.717, 1.165) is 42.7 Å². The van der Waals surface area contributed by atoms with Crippen molar-refractivity contribution in [2.24, 2.45) is 0 Å². The van der Waals surface area contributed by atoms with Crippen LogP contribution in [0.3, 0.4) is 0 Å². The van der Waals surface area contributed by atoms with E-state index in [0.29, 0.717) is 0 Å². The molecule has 1 N–H and O–H groups in total. The fourth-order valence-electron chi connectivity index (χ4n) is 2.56. The molecule has 4 nitrogen and oxygen atoms in total. The number of aromatic nitrogens is 1. The topological polar surface area (TPSA) is 39.6 Å². The Balaban J connectivity index is 1.55. The predicted molar refractivity (Wildman–Crippen MR) is 86.7 cm³/mol. The van der Waals surface area contributed by atoms with Gasteiger partial charge in [-0.3, -0.25) is 4.90 Å². The third-order valence-electron chi connectivity index (χ3n) is 3.81. The molecule has 0 radical (unpaired) electrons. The molecule has 0 bridgehead atoms. The Morgan fingerprint density at radius 1 is 1.19 bits per heavy atom. The first kappa shape index (κ1) is 14.5. The Morgan fingerprint density at radius 2 is 1.90 bits per heavy atom. The van der Waals surface area contributed by atoms with Gasteiger partial charge in [-0.2, -0.15) is 0 Å². The lowest BCUT2D eigenvalue weighted by Gasteiger charge is -2.34. The van der Waals surface area contributed by atoms with Gasteiger partial charge in [0.05, 0.1) is 11.0 Å². The molecule has 1 aromatic carbocycles. The number of nitrogens with zero attached hydrogens (tertiary/aromatic N) is 3. The quantitative estimate of drug-likeness (QED) is 0.942. The maximum absolute atomic E-state index is 9.59. The van der Waals surface area contributed by atoms with Crippen molar-refractivity contribution < 1.29 is 5.11 Å². The van der Waals surface area contributed by atoms with E-state index in [4.69, 9.17) is 0 Å². The Bertz CT molecular complexity index is 562. The smallest absolute Gasteiger partial charge is 0.185 e. The molecule has 21 heavy (non-hydrogen) atoms. The molecule has 1 saturated heterocycles. The molecule has 1 unspecified atom stereocenters. The molecule has 1 fully saturated rings. The van der Waals surface area contributed by atoms with Gasteiger partial charge < -0.3 is 10.0 Å². The normalized spacial score (nSPS) is 17.9. The zero-order valence-corrected chi connectivity index (χ0v) is 13.1. The number of hydrogen-bond donors (Lipinski definition) is 1. The predicted octanol–water partition coefficient (Wildman–Crippen LogP) is 2.52. The summed E-state index contributed by atoms with van der Waals surface area (Å²) in [6.45, 7) is 6.91. The molecule has 1 aliphatic heterocycles. The van der Waals surface area contributed by atoms with Crippen LogP contribution in [0.5, 0.6) is 0 Å². The van der Waals surface area contributed by atoms with Crippen molar-refractivity contribution in [3.63, 3.8) is 0 Å². The van der Waals surface area contributed by atoms with E-state index in [2.05, 4.69) is 45.1 Å². The maximum atomic E-state index is 9.59. The third-order valence-corrected chi connectivity index (χ3v) is 5.04. The average Bonchev–Trinajstić information content (AvgIpc) is 2.99. The minimum Gasteiger partial charge on any atom is -0.388 e. The highest BCUT2D eigenvalue weighted by Crippen LogP contribution is 2.27. The number of aliphatic hydroxyl groups excluding tert-OH is 1. The molecule has 0 saturated carbocycles. The summed E-state index contributed by atoms with van der Waals surface area (Å²) in [7, 11) is 0. The van der Waals surface area contributed by atoms with Gasteiger partial charge in [0.1, 0.15) is 0 Å². The SMILES string of the molecule is CC(O)c1cnc(N2CCN(Cc3ccccc3)CC2)s1. The van der Waals surface area contributed by atoms with Crippen molar-refractivity contribution in [2.75, 3.05) is 31.1 Å². The van der Waals surface area contributed by atoms with Crippen molar-refractivity contribution >= 4 is 16.5 Å². The standard InChI is InChI=1S/C16H21N3OS/c1-13(20)15-11-17-16(21-15)19-9-7-18(8-10-19)12-14-5-3-2-4-6-14/h2-6,11,13,20H,7-10,12H2,1H3. The highest BCUT2D eigenvalue weighted by Gasteiger charge is 2.20. The second kappa shape index (κ2) is 6.56. The maximum Gasteiger partial charge on any atom is 0.185 e. The lowest BCUT2D eigenvalue weighted by atomic mass is 10.2. The largest absolute Gasteiger partial charge is 0.388 e. The van der Waals surface area contributed by atoms with Gasteiger partial charge >= 0.3 is 0 Å². The number of rotatable bonds is 4. The highest BCUT2D eigenvalue weighted by molar-refractivity contribution is 7.15. The van der Waals surface area contributed by atoms with Crippen LogP contribution in [-0.4, -0.2) is 41.2 Å². The summed E-state index contributed by atoms with van der Waals surface area (Å²) in [4.78, 5) is 10.2. The van der Waals surface area contributed by atoms with E-state index in [9.17, 15) is 5.11 Å². The fourth-order valence-corrected chi connectivity index (χ4v) is 3.46. The Kier molecular flexibility index (Phi) is 4.53. The van der Waals surface area contributed by atoms with E-state index in [1.165, 1.54) is 5.56 Å². The van der Waals surface area contributed by atoms with Crippen LogP contribution in [0.15, 0.2) is 36.5 Å². The van der Waals surface area contributed by atoms with Crippen LogP contribution in [-0.2, 0) is 6.54 Å². The Labute approximate surface area is 129 Å². The molecule has 1 aromatic heterocycles. The number of thiazole rings is 1. The van der Waals surface area contributed by atoms with Crippen molar-refractivity contribution in [3.8, 4) is 0 Å². The van der Waals surface area contributed by atoms with E-state index in [1.807, 2.05) is 0 Å². The molecule has 0 aliphatic carbocycles. The molecule has 0 amide bonds. The average molecular weight is 303 g/mol. The lowest BCUT2D eigenvalue weighted by Crippen LogP contribution is -2.45. The molecule has 1 aliphatic rings. The van der Waals surface area contributed by atoms with Gasteiger partial charge in [-0.15, -0.1) is 0 Å². The molecule has 3 rings (SSSR count). The van der Waals surface area contributed by atoms with Gasteiger partial charge in [0, 0.05) is 38.9 Å². The van der Waals surface area contributed by atoms with Crippen LogP contribution in [0.1, 0.15) is 23.5 Å². The third kappa shape index (κ3) is 3.61. The molecular weight excluding hydrogens is 282 g/mol. The van der Waals surface area contributed by atoms with Gasteiger partial charge in [-0.25, -0.2) is 4.98 Å². The van der Waals surface area contributed by atoms with Crippen molar-refractivity contribution in [1.29, 1.82) is 0 Å². The van der Waals surface area contributed by atoms with Crippen LogP contribution in [0.4, 0.5) is 5.13 Å². The molecular formula is C16H21N3OS. The second-order valence-electron chi connectivity index (χ2n) is 5.47. The van der Waals surface area contributed by atoms with Crippen molar-refractivity contribution in [1.82, 2.24) is 9.88 Å². The number of aliphatic hydroxyl groups is 1. The summed E-state index contributed by atoms with van der Waals surface area (Å²) < 4.78 is 0. The monoisotopic (exact) mass is 303 g/mol. The number of hydrogen-bond acceptors (Lipinski definition) is 5. The number of piperazine rings is 1. The lowest BCUT2D eigenvalue weighted by molar-refractivity contribution is 0.203. The van der Waals surface area contributed by atoms with Gasteiger partial charge in [0.2, 0.25) is 0 Å². The zero-order chi connectivity index (χ0) is 14.7. The van der Waals surface area contributed by atoms with Gasteiger partial charge in [0.15, 0.2) is 5.13 Å². The van der Waals surface area contributed by atoms with Crippen LogP contribution in [0, 0.1) is 0 Å². The number of benzene rings is 1. The Hall–Kier alpha value is -1.43. The second-order valence-corrected chi connectivity index (χ2v) is 6.51. The summed E-state index contributed by atoms with van der Waals surface area (Å²) in [5, 5.41) is 10.6. The summed E-state index contributed by atoms with van der Waals surface area (Å²) in [6.07, 6.45) is 1.37. The minimum absolute atomic E-state index is 0.421. The van der Waals surface area contributed by atoms with E-state index < -0.39 is 6.10 Å². The van der Waals surface area contributed by atoms with E-state index >= 15 is 0 Å². The summed E-state index contributed by atoms with van der Waals surface area (Å²) in [6, 6.07) is 10.6.